The van der Waals surface area contributed by atoms with Crippen molar-refractivity contribution in [2.45, 2.75) is 58.1 Å². The predicted molar refractivity (Wildman–Crippen MR) is 87.4 cm³/mol. The van der Waals surface area contributed by atoms with Crippen LogP contribution in [0.2, 0.25) is 0 Å². The van der Waals surface area contributed by atoms with Crippen molar-refractivity contribution in [3.63, 3.8) is 0 Å². The summed E-state index contributed by atoms with van der Waals surface area (Å²) in [6.45, 7) is 8.55. The maximum Gasteiger partial charge on any atom is 0.410 e. The second kappa shape index (κ2) is 6.59. The molecular formula is C18H27NO3. The molecule has 1 heterocycles. The first-order valence-electron chi connectivity index (χ1n) is 7.93. The normalized spacial score (nSPS) is 22.3. The fraction of sp³-hybridized carbons (Fsp3) is 0.611. The minimum absolute atomic E-state index is 0.190. The number of hydrogen-bond donors (Lipinski definition) is 0. The molecule has 2 rings (SSSR count). The highest BCUT2D eigenvalue weighted by atomic mass is 16.6. The lowest BCUT2D eigenvalue weighted by atomic mass is 9.86. The van der Waals surface area contributed by atoms with Crippen molar-refractivity contribution in [3.8, 4) is 5.75 Å². The Morgan fingerprint density at radius 1 is 1.23 bits per heavy atom. The van der Waals surface area contributed by atoms with Crippen molar-refractivity contribution in [2.24, 2.45) is 0 Å². The van der Waals surface area contributed by atoms with E-state index in [0.717, 1.165) is 25.1 Å². The Morgan fingerprint density at radius 3 is 2.36 bits per heavy atom. The minimum Gasteiger partial charge on any atom is -0.497 e. The maximum absolute atomic E-state index is 12.2. The van der Waals surface area contributed by atoms with Crippen molar-refractivity contribution >= 4 is 6.09 Å². The standard InChI is InChI=1S/C18H27NO3/c1-13-12-15(14-6-8-16(21-5)9-7-14)10-11-19(13)17(20)22-18(2,3)4/h6-9,13,15H,10-12H2,1-5H3/t13-,15-/m1/s1. The van der Waals surface area contributed by atoms with Gasteiger partial charge < -0.3 is 14.4 Å². The highest BCUT2D eigenvalue weighted by Crippen LogP contribution is 2.33. The molecule has 0 spiro atoms. The number of amides is 1. The molecule has 1 aliphatic heterocycles. The first-order valence-corrected chi connectivity index (χ1v) is 7.93. The van der Waals surface area contributed by atoms with Crippen LogP contribution in [-0.2, 0) is 4.74 Å². The Bertz CT molecular complexity index is 504. The van der Waals surface area contributed by atoms with Gasteiger partial charge >= 0.3 is 6.09 Å². The minimum atomic E-state index is -0.441. The number of likely N-dealkylation sites (tertiary alicyclic amines) is 1. The number of nitrogens with zero attached hydrogens (tertiary/aromatic N) is 1. The van der Waals surface area contributed by atoms with Crippen LogP contribution in [0.3, 0.4) is 0 Å². The van der Waals surface area contributed by atoms with Crippen LogP contribution in [0.15, 0.2) is 24.3 Å². The molecule has 1 fully saturated rings. The SMILES string of the molecule is COc1ccc([C@@H]2CCN(C(=O)OC(C)(C)C)[C@H](C)C2)cc1. The quantitative estimate of drug-likeness (QED) is 0.822. The molecule has 1 saturated heterocycles. The molecule has 4 nitrogen and oxygen atoms in total. The maximum atomic E-state index is 12.2. The summed E-state index contributed by atoms with van der Waals surface area (Å²) in [6, 6.07) is 8.44. The number of carbonyl (C=O) groups excluding carboxylic acids is 1. The van der Waals surface area contributed by atoms with Gasteiger partial charge in [0.1, 0.15) is 11.4 Å². The van der Waals surface area contributed by atoms with Crippen LogP contribution < -0.4 is 4.74 Å². The van der Waals surface area contributed by atoms with E-state index in [9.17, 15) is 4.79 Å². The van der Waals surface area contributed by atoms with E-state index in [0.29, 0.717) is 5.92 Å². The predicted octanol–water partition coefficient (Wildman–Crippen LogP) is 4.20. The van der Waals surface area contributed by atoms with Gasteiger partial charge in [0.05, 0.1) is 7.11 Å². The monoisotopic (exact) mass is 305 g/mol. The van der Waals surface area contributed by atoms with Gasteiger partial charge in [0.2, 0.25) is 0 Å². The molecule has 1 aromatic rings. The number of methoxy groups -OCH3 is 1. The molecular weight excluding hydrogens is 278 g/mol. The van der Waals surface area contributed by atoms with Crippen molar-refractivity contribution in [1.29, 1.82) is 0 Å². The topological polar surface area (TPSA) is 38.8 Å². The molecule has 0 radical (unpaired) electrons. The Morgan fingerprint density at radius 2 is 1.86 bits per heavy atom. The lowest BCUT2D eigenvalue weighted by Crippen LogP contribution is -2.46. The first kappa shape index (κ1) is 16.7. The first-order chi connectivity index (χ1) is 10.3. The summed E-state index contributed by atoms with van der Waals surface area (Å²) in [5.74, 6) is 1.36. The van der Waals surface area contributed by atoms with E-state index in [-0.39, 0.29) is 12.1 Å². The van der Waals surface area contributed by atoms with Crippen LogP contribution >= 0.6 is 0 Å². The van der Waals surface area contributed by atoms with E-state index in [1.807, 2.05) is 37.8 Å². The van der Waals surface area contributed by atoms with E-state index in [1.165, 1.54) is 5.56 Å². The Kier molecular flexibility index (Phi) is 4.99. The summed E-state index contributed by atoms with van der Waals surface area (Å²) in [5.41, 5.74) is 0.875. The summed E-state index contributed by atoms with van der Waals surface area (Å²) >= 11 is 0. The number of ether oxygens (including phenoxy) is 2. The molecule has 1 aromatic carbocycles. The second-order valence-corrected chi connectivity index (χ2v) is 7.02. The highest BCUT2D eigenvalue weighted by Gasteiger charge is 2.32. The van der Waals surface area contributed by atoms with Crippen LogP contribution in [0.1, 0.15) is 52.0 Å². The molecule has 122 valence electrons. The summed E-state index contributed by atoms with van der Waals surface area (Å²) in [7, 11) is 1.68. The molecule has 22 heavy (non-hydrogen) atoms. The van der Waals surface area contributed by atoms with Crippen molar-refractivity contribution in [1.82, 2.24) is 4.90 Å². The number of hydrogen-bond acceptors (Lipinski definition) is 3. The van der Waals surface area contributed by atoms with Gasteiger partial charge in [0.25, 0.3) is 0 Å². The Hall–Kier alpha value is -1.71. The van der Waals surface area contributed by atoms with Gasteiger partial charge in [-0.3, -0.25) is 0 Å². The van der Waals surface area contributed by atoms with E-state index < -0.39 is 5.60 Å². The average molecular weight is 305 g/mol. The summed E-state index contributed by atoms with van der Waals surface area (Å²) in [5, 5.41) is 0. The van der Waals surface area contributed by atoms with Crippen molar-refractivity contribution < 1.29 is 14.3 Å². The smallest absolute Gasteiger partial charge is 0.410 e. The van der Waals surface area contributed by atoms with Gasteiger partial charge in [0.15, 0.2) is 0 Å². The van der Waals surface area contributed by atoms with Gasteiger partial charge in [-0.2, -0.15) is 0 Å². The molecule has 4 heteroatoms. The van der Waals surface area contributed by atoms with Crippen LogP contribution in [0, 0.1) is 0 Å². The number of carbonyl (C=O) groups is 1. The molecule has 0 bridgehead atoms. The number of piperidine rings is 1. The van der Waals surface area contributed by atoms with Crippen LogP contribution in [-0.4, -0.2) is 36.3 Å². The second-order valence-electron chi connectivity index (χ2n) is 7.02. The van der Waals surface area contributed by atoms with Crippen LogP contribution in [0.5, 0.6) is 5.75 Å². The third-order valence-electron chi connectivity index (χ3n) is 4.09. The average Bonchev–Trinajstić information content (AvgIpc) is 2.45. The zero-order valence-electron chi connectivity index (χ0n) is 14.3. The zero-order valence-corrected chi connectivity index (χ0v) is 14.3. The molecule has 0 aliphatic carbocycles. The van der Waals surface area contributed by atoms with Gasteiger partial charge in [-0.05, 0) is 64.2 Å². The molecule has 1 aliphatic rings. The van der Waals surface area contributed by atoms with Gasteiger partial charge in [-0.1, -0.05) is 12.1 Å². The molecule has 1 amide bonds. The lowest BCUT2D eigenvalue weighted by molar-refractivity contribution is 0.0103. The molecule has 0 saturated carbocycles. The Labute approximate surface area is 133 Å². The fourth-order valence-corrected chi connectivity index (χ4v) is 2.94. The van der Waals surface area contributed by atoms with Crippen molar-refractivity contribution in [3.05, 3.63) is 29.8 Å². The zero-order chi connectivity index (χ0) is 16.3. The molecule has 0 aromatic heterocycles. The third-order valence-corrected chi connectivity index (χ3v) is 4.09. The number of rotatable bonds is 2. The number of benzene rings is 1. The third kappa shape index (κ3) is 4.15. The summed E-state index contributed by atoms with van der Waals surface area (Å²) in [4.78, 5) is 14.1. The van der Waals surface area contributed by atoms with E-state index in [4.69, 9.17) is 9.47 Å². The van der Waals surface area contributed by atoms with E-state index >= 15 is 0 Å². The molecule has 0 unspecified atom stereocenters. The molecule has 0 N–H and O–H groups in total. The van der Waals surface area contributed by atoms with Gasteiger partial charge in [-0.25, -0.2) is 4.79 Å². The van der Waals surface area contributed by atoms with Gasteiger partial charge in [-0.15, -0.1) is 0 Å². The summed E-state index contributed by atoms with van der Waals surface area (Å²) in [6.07, 6.45) is 1.73. The highest BCUT2D eigenvalue weighted by molar-refractivity contribution is 5.68. The Balaban J connectivity index is 1.98. The van der Waals surface area contributed by atoms with E-state index in [1.54, 1.807) is 7.11 Å². The van der Waals surface area contributed by atoms with Gasteiger partial charge in [0, 0.05) is 12.6 Å². The van der Waals surface area contributed by atoms with Crippen LogP contribution in [0.25, 0.3) is 0 Å². The fourth-order valence-electron chi connectivity index (χ4n) is 2.94. The molecule has 2 atom stereocenters. The summed E-state index contributed by atoms with van der Waals surface area (Å²) < 4.78 is 10.7. The van der Waals surface area contributed by atoms with E-state index in [2.05, 4.69) is 19.1 Å². The van der Waals surface area contributed by atoms with Crippen molar-refractivity contribution in [2.75, 3.05) is 13.7 Å². The lowest BCUT2D eigenvalue weighted by Gasteiger charge is -2.38. The largest absolute Gasteiger partial charge is 0.497 e. The van der Waals surface area contributed by atoms with Crippen LogP contribution in [0.4, 0.5) is 4.79 Å².